The minimum atomic E-state index is -3.46. The van der Waals surface area contributed by atoms with Crippen LogP contribution in [-0.4, -0.2) is 61.6 Å². The Morgan fingerprint density at radius 3 is 2.37 bits per heavy atom. The molecule has 4 rings (SSSR count). The molecule has 0 aromatic heterocycles. The van der Waals surface area contributed by atoms with E-state index >= 15 is 0 Å². The first-order chi connectivity index (χ1) is 14.4. The lowest BCUT2D eigenvalue weighted by molar-refractivity contribution is -0.134. The predicted molar refractivity (Wildman–Crippen MR) is 117 cm³/mol. The van der Waals surface area contributed by atoms with Crippen molar-refractivity contribution in [3.63, 3.8) is 0 Å². The van der Waals surface area contributed by atoms with Crippen molar-refractivity contribution < 1.29 is 17.9 Å². The fourth-order valence-corrected chi connectivity index (χ4v) is 5.54. The Morgan fingerprint density at radius 2 is 1.67 bits per heavy atom. The highest BCUT2D eigenvalue weighted by molar-refractivity contribution is 7.90. The summed E-state index contributed by atoms with van der Waals surface area (Å²) >= 11 is 0. The first-order valence-electron chi connectivity index (χ1n) is 10.2. The number of piperazine rings is 1. The molecule has 0 radical (unpaired) electrons. The summed E-state index contributed by atoms with van der Waals surface area (Å²) in [6, 6.07) is 15.4. The molecule has 1 fully saturated rings. The predicted octanol–water partition coefficient (Wildman–Crippen LogP) is 0.881. The summed E-state index contributed by atoms with van der Waals surface area (Å²) in [5, 5.41) is 1.48. The Bertz CT molecular complexity index is 1130. The van der Waals surface area contributed by atoms with Gasteiger partial charge < -0.3 is 9.64 Å². The van der Waals surface area contributed by atoms with Crippen LogP contribution in [0.5, 0.6) is 5.75 Å². The van der Waals surface area contributed by atoms with Gasteiger partial charge in [0.1, 0.15) is 5.75 Å². The van der Waals surface area contributed by atoms with E-state index in [2.05, 4.69) is 0 Å². The van der Waals surface area contributed by atoms with Gasteiger partial charge in [-0.25, -0.2) is 8.42 Å². The number of rotatable bonds is 5. The summed E-state index contributed by atoms with van der Waals surface area (Å²) in [4.78, 5) is 14.1. The van der Waals surface area contributed by atoms with Gasteiger partial charge >= 0.3 is 0 Å². The van der Waals surface area contributed by atoms with Crippen LogP contribution in [0.1, 0.15) is 12.0 Å². The molecule has 0 spiro atoms. The van der Waals surface area contributed by atoms with Gasteiger partial charge in [0.05, 0.1) is 5.25 Å². The van der Waals surface area contributed by atoms with E-state index in [9.17, 15) is 13.2 Å². The zero-order valence-electron chi connectivity index (χ0n) is 17.0. The monoisotopic (exact) mass is 426 g/mol. The number of carbonyl (C=O) groups is 1. The summed E-state index contributed by atoms with van der Waals surface area (Å²) in [7, 11) is -3.46. The Balaban J connectivity index is 1.34. The van der Waals surface area contributed by atoms with Gasteiger partial charge in [-0.15, -0.1) is 0 Å². The highest BCUT2D eigenvalue weighted by Gasteiger charge is 2.34. The van der Waals surface area contributed by atoms with Gasteiger partial charge in [0.2, 0.25) is 10.0 Å². The lowest BCUT2D eigenvalue weighted by Gasteiger charge is -2.35. The van der Waals surface area contributed by atoms with Gasteiger partial charge in [-0.2, -0.15) is 4.31 Å². The molecule has 0 bridgehead atoms. The van der Waals surface area contributed by atoms with E-state index in [1.165, 1.54) is 4.31 Å². The smallest absolute Gasteiger partial charge is 0.260 e. The average molecular weight is 427 g/mol. The van der Waals surface area contributed by atoms with E-state index in [1.807, 2.05) is 67.6 Å². The number of nitrogens with zero attached hydrogens (tertiary/aromatic N) is 2. The van der Waals surface area contributed by atoms with Crippen molar-refractivity contribution >= 4 is 28.1 Å². The molecule has 0 saturated carbocycles. The van der Waals surface area contributed by atoms with E-state index in [4.69, 9.17) is 4.74 Å². The van der Waals surface area contributed by atoms with Crippen molar-refractivity contribution in [3.05, 3.63) is 64.5 Å². The number of benzene rings is 2. The van der Waals surface area contributed by atoms with E-state index in [1.54, 1.807) is 4.90 Å². The van der Waals surface area contributed by atoms with Crippen LogP contribution in [0.2, 0.25) is 0 Å². The molecule has 1 heterocycles. The van der Waals surface area contributed by atoms with Crippen molar-refractivity contribution in [2.75, 3.05) is 32.8 Å². The van der Waals surface area contributed by atoms with Crippen molar-refractivity contribution in [1.29, 1.82) is 0 Å². The molecular formula is C23H26N2O4S. The van der Waals surface area contributed by atoms with Crippen LogP contribution in [-0.2, 0) is 14.8 Å². The molecule has 7 heteroatoms. The molecule has 1 atom stereocenters. The Hall–Kier alpha value is -2.64. The number of carbonyl (C=O) groups excluding carboxylic acids is 1. The minimum Gasteiger partial charge on any atom is -0.484 e. The molecule has 1 amide bonds. The zero-order chi connectivity index (χ0) is 21.1. The molecular weight excluding hydrogens is 400 g/mol. The topological polar surface area (TPSA) is 66.9 Å². The Labute approximate surface area is 177 Å². The molecule has 158 valence electrons. The third kappa shape index (κ3) is 4.42. The van der Waals surface area contributed by atoms with Gasteiger partial charge in [0.15, 0.2) is 6.61 Å². The largest absolute Gasteiger partial charge is 0.484 e. The standard InChI is InChI=1S/C23H26N2O4S/c1-18-6-9-21(10-7-18)29-17-23(26)24-12-14-25(15-13-24)30(27,28)22-11-8-19-4-2-3-5-20(19)16-22/h2-10,16,22H,11-15,17H2,1H3. The van der Waals surface area contributed by atoms with Crippen molar-refractivity contribution in [2.45, 2.75) is 18.6 Å². The van der Waals surface area contributed by atoms with Crippen molar-refractivity contribution in [1.82, 2.24) is 9.21 Å². The SMILES string of the molecule is Cc1ccc(OCC(=O)N2CCN(S(=O)(=O)C3C=c4ccccc4=CC3)CC2)cc1. The lowest BCUT2D eigenvalue weighted by Crippen LogP contribution is -2.53. The lowest BCUT2D eigenvalue weighted by atomic mass is 10.1. The van der Waals surface area contributed by atoms with Gasteiger partial charge in [0.25, 0.3) is 5.91 Å². The van der Waals surface area contributed by atoms with Crippen LogP contribution < -0.4 is 15.2 Å². The summed E-state index contributed by atoms with van der Waals surface area (Å²) in [6.07, 6.45) is 4.31. The van der Waals surface area contributed by atoms with Crippen LogP contribution in [0.15, 0.2) is 48.5 Å². The molecule has 2 aromatic rings. The second-order valence-electron chi connectivity index (χ2n) is 7.70. The third-order valence-electron chi connectivity index (χ3n) is 5.65. The second-order valence-corrected chi connectivity index (χ2v) is 9.85. The van der Waals surface area contributed by atoms with Crippen molar-refractivity contribution in [2.24, 2.45) is 0 Å². The fraction of sp³-hybridized carbons (Fsp3) is 0.348. The normalized spacial score (nSPS) is 19.4. The first kappa shape index (κ1) is 20.6. The van der Waals surface area contributed by atoms with E-state index in [0.717, 1.165) is 16.0 Å². The van der Waals surface area contributed by atoms with E-state index in [0.29, 0.717) is 38.3 Å². The molecule has 1 aliphatic heterocycles. The zero-order valence-corrected chi connectivity index (χ0v) is 17.8. The van der Waals surface area contributed by atoms with Gasteiger partial charge in [0, 0.05) is 26.2 Å². The number of sulfonamides is 1. The van der Waals surface area contributed by atoms with Gasteiger partial charge in [-0.05, 0) is 35.9 Å². The summed E-state index contributed by atoms with van der Waals surface area (Å²) in [5.74, 6) is 0.527. The molecule has 2 aliphatic rings. The number of amides is 1. The highest BCUT2D eigenvalue weighted by Crippen LogP contribution is 2.18. The molecule has 30 heavy (non-hydrogen) atoms. The number of ether oxygens (including phenoxy) is 1. The minimum absolute atomic E-state index is 0.0437. The third-order valence-corrected chi connectivity index (χ3v) is 7.83. The van der Waals surface area contributed by atoms with Gasteiger partial charge in [-0.3, -0.25) is 4.79 Å². The summed E-state index contributed by atoms with van der Waals surface area (Å²) in [6.45, 7) is 3.32. The van der Waals surface area contributed by atoms with E-state index in [-0.39, 0.29) is 12.5 Å². The quantitative estimate of drug-likeness (QED) is 0.712. The van der Waals surface area contributed by atoms with E-state index < -0.39 is 15.3 Å². The van der Waals surface area contributed by atoms with Crippen molar-refractivity contribution in [3.8, 4) is 5.75 Å². The second kappa shape index (κ2) is 8.62. The maximum Gasteiger partial charge on any atom is 0.260 e. The maximum atomic E-state index is 13.1. The molecule has 1 aliphatic carbocycles. The van der Waals surface area contributed by atoms with Gasteiger partial charge in [-0.1, -0.05) is 54.1 Å². The Morgan fingerprint density at radius 1 is 1.00 bits per heavy atom. The number of hydrogen-bond acceptors (Lipinski definition) is 4. The van der Waals surface area contributed by atoms with Crippen LogP contribution in [0.25, 0.3) is 12.2 Å². The average Bonchev–Trinajstić information content (AvgIpc) is 2.78. The van der Waals surface area contributed by atoms with Crippen LogP contribution in [0.3, 0.4) is 0 Å². The first-order valence-corrected chi connectivity index (χ1v) is 11.7. The number of aryl methyl sites for hydroxylation is 1. The Kier molecular flexibility index (Phi) is 5.92. The van der Waals surface area contributed by atoms with Crippen LogP contribution in [0, 0.1) is 6.92 Å². The summed E-state index contributed by atoms with van der Waals surface area (Å²) in [5.41, 5.74) is 1.13. The van der Waals surface area contributed by atoms with Crippen LogP contribution >= 0.6 is 0 Å². The summed E-state index contributed by atoms with van der Waals surface area (Å²) < 4.78 is 33.3. The highest BCUT2D eigenvalue weighted by atomic mass is 32.2. The van der Waals surface area contributed by atoms with Crippen LogP contribution in [0.4, 0.5) is 0 Å². The molecule has 1 saturated heterocycles. The molecule has 6 nitrogen and oxygen atoms in total. The molecule has 0 N–H and O–H groups in total. The molecule has 1 unspecified atom stereocenters. The number of fused-ring (bicyclic) bond motifs is 1. The maximum absolute atomic E-state index is 13.1. The number of hydrogen-bond donors (Lipinski definition) is 0. The molecule has 2 aromatic carbocycles. The fourth-order valence-electron chi connectivity index (χ4n) is 3.82.